The fourth-order valence-corrected chi connectivity index (χ4v) is 4.25. The fourth-order valence-electron chi connectivity index (χ4n) is 4.04. The zero-order valence-electron chi connectivity index (χ0n) is 16.8. The van der Waals surface area contributed by atoms with E-state index in [1.54, 1.807) is 12.1 Å². The number of non-ortho nitro benzene ring substituents is 1. The number of nitriles is 1. The minimum Gasteiger partial charge on any atom is -0.460 e. The predicted molar refractivity (Wildman–Crippen MR) is 112 cm³/mol. The van der Waals surface area contributed by atoms with E-state index >= 15 is 0 Å². The lowest BCUT2D eigenvalue weighted by molar-refractivity contribution is -0.384. The molecule has 1 aliphatic heterocycles. The number of carbonyl (C=O) groups excluding carboxylic acids is 1. The second-order valence-electron chi connectivity index (χ2n) is 8.33. The Morgan fingerprint density at radius 2 is 2.03 bits per heavy atom. The van der Waals surface area contributed by atoms with Crippen LogP contribution in [0, 0.1) is 26.9 Å². The number of Topliss-reactive ketones (excluding diaryl/α,β-unsaturated/α-hetero) is 1. The van der Waals surface area contributed by atoms with E-state index in [0.29, 0.717) is 35.5 Å². The number of rotatable bonds is 3. The molecule has 2 aromatic rings. The van der Waals surface area contributed by atoms with Gasteiger partial charge in [-0.3, -0.25) is 14.9 Å². The lowest BCUT2D eigenvalue weighted by Crippen LogP contribution is -2.33. The van der Waals surface area contributed by atoms with Crippen molar-refractivity contribution >= 4 is 23.1 Å². The quantitative estimate of drug-likeness (QED) is 0.527. The first-order valence-electron chi connectivity index (χ1n) is 9.49. The van der Waals surface area contributed by atoms with Crippen molar-refractivity contribution in [2.75, 3.05) is 0 Å². The average molecular weight is 440 g/mol. The van der Waals surface area contributed by atoms with Gasteiger partial charge in [-0.1, -0.05) is 25.4 Å². The third kappa shape index (κ3) is 3.57. The van der Waals surface area contributed by atoms with Crippen LogP contribution in [-0.4, -0.2) is 10.7 Å². The maximum atomic E-state index is 13.0. The van der Waals surface area contributed by atoms with Crippen LogP contribution in [0.4, 0.5) is 5.69 Å². The molecule has 1 aliphatic carbocycles. The largest absolute Gasteiger partial charge is 0.460 e. The molecule has 1 atom stereocenters. The van der Waals surface area contributed by atoms with Crippen molar-refractivity contribution < 1.29 is 18.9 Å². The SMILES string of the molecule is CC1(C)CC(=O)C2=C(C1)OC(N)=C(C#N)[C@H]2c1ccc(-c2cc([N+](=O)[O-])ccc2Cl)o1. The van der Waals surface area contributed by atoms with Gasteiger partial charge in [0.2, 0.25) is 5.88 Å². The van der Waals surface area contributed by atoms with Gasteiger partial charge >= 0.3 is 0 Å². The summed E-state index contributed by atoms with van der Waals surface area (Å²) in [6.45, 7) is 3.92. The van der Waals surface area contributed by atoms with Gasteiger partial charge in [-0.2, -0.15) is 5.26 Å². The molecular formula is C22H18ClN3O5. The molecule has 0 unspecified atom stereocenters. The topological polar surface area (TPSA) is 132 Å². The van der Waals surface area contributed by atoms with Gasteiger partial charge < -0.3 is 14.9 Å². The van der Waals surface area contributed by atoms with E-state index in [2.05, 4.69) is 0 Å². The molecule has 31 heavy (non-hydrogen) atoms. The number of benzene rings is 1. The minimum atomic E-state index is -0.816. The number of hydrogen-bond donors (Lipinski definition) is 1. The molecule has 2 heterocycles. The fraction of sp³-hybridized carbons (Fsp3) is 0.273. The Bertz CT molecular complexity index is 1230. The summed E-state index contributed by atoms with van der Waals surface area (Å²) in [7, 11) is 0. The molecule has 158 valence electrons. The van der Waals surface area contributed by atoms with E-state index in [4.69, 9.17) is 26.5 Å². The first-order valence-corrected chi connectivity index (χ1v) is 9.87. The Labute approximate surface area is 182 Å². The highest BCUT2D eigenvalue weighted by atomic mass is 35.5. The van der Waals surface area contributed by atoms with Gasteiger partial charge in [0.1, 0.15) is 28.9 Å². The molecule has 2 N–H and O–H groups in total. The molecule has 0 amide bonds. The number of ether oxygens (including phenoxy) is 1. The van der Waals surface area contributed by atoms with Crippen molar-refractivity contribution in [2.24, 2.45) is 11.1 Å². The first kappa shape index (κ1) is 20.7. The van der Waals surface area contributed by atoms with Crippen LogP contribution in [0.1, 0.15) is 38.4 Å². The Morgan fingerprint density at radius 1 is 1.29 bits per heavy atom. The molecule has 0 spiro atoms. The van der Waals surface area contributed by atoms with E-state index in [1.165, 1.54) is 18.2 Å². The normalized spacial score (nSPS) is 20.2. The smallest absolute Gasteiger partial charge is 0.270 e. The highest BCUT2D eigenvalue weighted by Crippen LogP contribution is 2.48. The third-order valence-electron chi connectivity index (χ3n) is 5.41. The van der Waals surface area contributed by atoms with Crippen LogP contribution >= 0.6 is 11.6 Å². The van der Waals surface area contributed by atoms with Gasteiger partial charge in [0.25, 0.3) is 5.69 Å². The summed E-state index contributed by atoms with van der Waals surface area (Å²) in [5.74, 6) is 0.00119. The van der Waals surface area contributed by atoms with Crippen molar-refractivity contribution in [3.05, 3.63) is 74.0 Å². The van der Waals surface area contributed by atoms with Crippen molar-refractivity contribution in [1.29, 1.82) is 5.26 Å². The van der Waals surface area contributed by atoms with Crippen LogP contribution in [0.15, 0.2) is 57.5 Å². The minimum absolute atomic E-state index is 0.0666. The van der Waals surface area contributed by atoms with Gasteiger partial charge in [0, 0.05) is 36.1 Å². The third-order valence-corrected chi connectivity index (χ3v) is 5.74. The van der Waals surface area contributed by atoms with E-state index in [0.717, 1.165) is 0 Å². The number of nitro benzene ring substituents is 1. The zero-order valence-corrected chi connectivity index (χ0v) is 17.5. The second-order valence-corrected chi connectivity index (χ2v) is 8.73. The number of carbonyl (C=O) groups is 1. The summed E-state index contributed by atoms with van der Waals surface area (Å²) in [6.07, 6.45) is 0.794. The summed E-state index contributed by atoms with van der Waals surface area (Å²) in [4.78, 5) is 23.6. The molecule has 4 rings (SSSR count). The van der Waals surface area contributed by atoms with Crippen LogP contribution < -0.4 is 5.73 Å². The summed E-state index contributed by atoms with van der Waals surface area (Å²) in [5, 5.41) is 21.1. The van der Waals surface area contributed by atoms with E-state index in [1.807, 2.05) is 19.9 Å². The second kappa shape index (κ2) is 7.29. The number of ketones is 1. The Hall–Kier alpha value is -3.57. The van der Waals surface area contributed by atoms with E-state index in [9.17, 15) is 20.2 Å². The zero-order chi connectivity index (χ0) is 22.5. The summed E-state index contributed by atoms with van der Waals surface area (Å²) >= 11 is 6.23. The number of nitro groups is 1. The number of allylic oxidation sites excluding steroid dienone is 3. The van der Waals surface area contributed by atoms with Gasteiger partial charge in [-0.15, -0.1) is 0 Å². The standard InChI is InChI=1S/C22H18ClN3O5/c1-22(2)8-15(27)20-18(9-22)31-21(25)13(10-24)19(20)17-6-5-16(30-17)12-7-11(26(28)29)3-4-14(12)23/h3-7,19H,8-9,25H2,1-2H3/t19-/m0/s1. The molecule has 0 saturated carbocycles. The number of nitrogens with two attached hydrogens (primary N) is 1. The molecule has 0 saturated heterocycles. The van der Waals surface area contributed by atoms with Crippen molar-refractivity contribution in [3.63, 3.8) is 0 Å². The molecule has 8 nitrogen and oxygen atoms in total. The first-order chi connectivity index (χ1) is 14.6. The predicted octanol–water partition coefficient (Wildman–Crippen LogP) is 4.96. The van der Waals surface area contributed by atoms with Crippen LogP contribution in [0.3, 0.4) is 0 Å². The van der Waals surface area contributed by atoms with Gasteiger partial charge in [0.15, 0.2) is 5.78 Å². The molecule has 0 fully saturated rings. The number of furan rings is 1. The van der Waals surface area contributed by atoms with E-state index < -0.39 is 10.8 Å². The molecule has 0 radical (unpaired) electrons. The van der Waals surface area contributed by atoms with Gasteiger partial charge in [0.05, 0.1) is 15.9 Å². The summed E-state index contributed by atoms with van der Waals surface area (Å²) in [6, 6.07) is 9.26. The summed E-state index contributed by atoms with van der Waals surface area (Å²) < 4.78 is 11.6. The van der Waals surface area contributed by atoms with Crippen molar-refractivity contribution in [1.82, 2.24) is 0 Å². The van der Waals surface area contributed by atoms with Crippen molar-refractivity contribution in [2.45, 2.75) is 32.6 Å². The van der Waals surface area contributed by atoms with Gasteiger partial charge in [-0.25, -0.2) is 0 Å². The lowest BCUT2D eigenvalue weighted by Gasteiger charge is -2.36. The molecule has 2 aliphatic rings. The lowest BCUT2D eigenvalue weighted by atomic mass is 9.71. The highest BCUT2D eigenvalue weighted by molar-refractivity contribution is 6.33. The molecule has 1 aromatic heterocycles. The highest BCUT2D eigenvalue weighted by Gasteiger charge is 2.44. The van der Waals surface area contributed by atoms with Crippen molar-refractivity contribution in [3.8, 4) is 17.4 Å². The van der Waals surface area contributed by atoms with Crippen LogP contribution in [0.2, 0.25) is 5.02 Å². The number of hydrogen-bond acceptors (Lipinski definition) is 7. The van der Waals surface area contributed by atoms with Crippen LogP contribution in [0.5, 0.6) is 0 Å². The summed E-state index contributed by atoms with van der Waals surface area (Å²) in [5.41, 5.74) is 6.34. The van der Waals surface area contributed by atoms with E-state index in [-0.39, 0.29) is 39.1 Å². The maximum Gasteiger partial charge on any atom is 0.270 e. The Kier molecular flexibility index (Phi) is 4.86. The Morgan fingerprint density at radius 3 is 2.71 bits per heavy atom. The molecule has 1 aromatic carbocycles. The average Bonchev–Trinajstić information content (AvgIpc) is 3.15. The van der Waals surface area contributed by atoms with Crippen LogP contribution in [0.25, 0.3) is 11.3 Å². The maximum absolute atomic E-state index is 13.0. The number of nitrogens with zero attached hydrogens (tertiary/aromatic N) is 2. The van der Waals surface area contributed by atoms with Crippen LogP contribution in [-0.2, 0) is 9.53 Å². The van der Waals surface area contributed by atoms with Gasteiger partial charge in [-0.05, 0) is 23.6 Å². The number of halogens is 1. The molecule has 0 bridgehead atoms. The monoisotopic (exact) mass is 439 g/mol. The molecule has 9 heteroatoms. The Balaban J connectivity index is 1.83. The molecular weight excluding hydrogens is 422 g/mol.